The van der Waals surface area contributed by atoms with Crippen molar-refractivity contribution in [2.45, 2.75) is 47.0 Å². The summed E-state index contributed by atoms with van der Waals surface area (Å²) in [5.41, 5.74) is 3.06. The maximum atomic E-state index is 12.3. The normalized spacial score (nSPS) is 17.3. The molecule has 1 aliphatic rings. The Morgan fingerprint density at radius 1 is 1.35 bits per heavy atom. The molecule has 0 atom stereocenters. The molecule has 0 unspecified atom stereocenters. The van der Waals surface area contributed by atoms with E-state index in [9.17, 15) is 4.79 Å². The van der Waals surface area contributed by atoms with Crippen molar-refractivity contribution >= 4 is 17.1 Å². The van der Waals surface area contributed by atoms with Crippen molar-refractivity contribution in [3.05, 3.63) is 28.0 Å². The number of fused-ring (bicyclic) bond motifs is 1. The Bertz CT molecular complexity index is 681. The summed E-state index contributed by atoms with van der Waals surface area (Å²) in [6.45, 7) is 8.41. The molecule has 0 aliphatic heterocycles. The molecule has 0 bridgehead atoms. The highest BCUT2D eigenvalue weighted by Crippen LogP contribution is 2.37. The van der Waals surface area contributed by atoms with E-state index in [-0.39, 0.29) is 11.2 Å². The summed E-state index contributed by atoms with van der Waals surface area (Å²) in [4.78, 5) is 12.3. The number of Topliss-reactive ketones (excluding diaryl/α,β-unsaturated/α-hetero) is 1. The minimum Gasteiger partial charge on any atom is -0.294 e. The van der Waals surface area contributed by atoms with Gasteiger partial charge in [0.2, 0.25) is 5.13 Å². The first-order chi connectivity index (χ1) is 9.41. The average molecular weight is 289 g/mol. The Labute approximate surface area is 122 Å². The van der Waals surface area contributed by atoms with Gasteiger partial charge in [0.15, 0.2) is 5.78 Å². The van der Waals surface area contributed by atoms with Gasteiger partial charge >= 0.3 is 0 Å². The van der Waals surface area contributed by atoms with Crippen LogP contribution in [-0.4, -0.2) is 20.5 Å². The lowest BCUT2D eigenvalue weighted by Gasteiger charge is -2.29. The third-order valence-corrected chi connectivity index (χ3v) is 4.87. The number of aromatic nitrogens is 3. The summed E-state index contributed by atoms with van der Waals surface area (Å²) >= 11 is 1.61. The molecule has 0 saturated heterocycles. The van der Waals surface area contributed by atoms with Gasteiger partial charge in [0.25, 0.3) is 0 Å². The molecule has 106 valence electrons. The number of rotatable bonds is 2. The lowest BCUT2D eigenvalue weighted by molar-refractivity contribution is 0.0911. The van der Waals surface area contributed by atoms with Crippen molar-refractivity contribution in [3.63, 3.8) is 0 Å². The molecule has 4 nitrogen and oxygen atoms in total. The molecule has 0 amide bonds. The predicted octanol–water partition coefficient (Wildman–Crippen LogP) is 3.35. The highest BCUT2D eigenvalue weighted by atomic mass is 32.1. The Balaban J connectivity index is 2.15. The number of nitrogens with zero attached hydrogens (tertiary/aromatic N) is 3. The largest absolute Gasteiger partial charge is 0.294 e. The number of aryl methyl sites for hydroxylation is 2. The van der Waals surface area contributed by atoms with Gasteiger partial charge in [-0.3, -0.25) is 9.36 Å². The lowest BCUT2D eigenvalue weighted by atomic mass is 9.76. The molecule has 2 aromatic heterocycles. The van der Waals surface area contributed by atoms with Gasteiger partial charge in [-0.2, -0.15) is 0 Å². The SMILES string of the molecule is CCc1nnc(-n2c(C)cc3c2CC(C)(C)CC3=O)s1. The van der Waals surface area contributed by atoms with E-state index < -0.39 is 0 Å². The van der Waals surface area contributed by atoms with E-state index in [1.807, 2.05) is 13.0 Å². The summed E-state index contributed by atoms with van der Waals surface area (Å²) in [5, 5.41) is 10.4. The molecule has 0 spiro atoms. The minimum atomic E-state index is 0.0188. The Morgan fingerprint density at radius 3 is 2.75 bits per heavy atom. The lowest BCUT2D eigenvalue weighted by Crippen LogP contribution is -2.27. The van der Waals surface area contributed by atoms with Gasteiger partial charge in [0.05, 0.1) is 0 Å². The maximum Gasteiger partial charge on any atom is 0.216 e. The van der Waals surface area contributed by atoms with E-state index in [2.05, 4.69) is 35.5 Å². The van der Waals surface area contributed by atoms with Gasteiger partial charge in [-0.1, -0.05) is 32.1 Å². The van der Waals surface area contributed by atoms with Crippen molar-refractivity contribution in [3.8, 4) is 5.13 Å². The molecule has 0 radical (unpaired) electrons. The van der Waals surface area contributed by atoms with Crippen molar-refractivity contribution in [2.24, 2.45) is 5.41 Å². The maximum absolute atomic E-state index is 12.3. The zero-order valence-electron chi connectivity index (χ0n) is 12.4. The second kappa shape index (κ2) is 4.52. The first-order valence-electron chi connectivity index (χ1n) is 6.98. The monoisotopic (exact) mass is 289 g/mol. The Kier molecular flexibility index (Phi) is 3.05. The standard InChI is InChI=1S/C15H19N3OS/c1-5-13-16-17-14(20-13)18-9(2)6-10-11(18)7-15(3,4)8-12(10)19/h6H,5,7-8H2,1-4H3. The summed E-state index contributed by atoms with van der Waals surface area (Å²) in [6.07, 6.45) is 2.42. The van der Waals surface area contributed by atoms with Gasteiger partial charge in [-0.25, -0.2) is 0 Å². The summed E-state index contributed by atoms with van der Waals surface area (Å²) in [7, 11) is 0. The number of carbonyl (C=O) groups excluding carboxylic acids is 1. The van der Waals surface area contributed by atoms with Crippen LogP contribution in [0.25, 0.3) is 5.13 Å². The smallest absolute Gasteiger partial charge is 0.216 e. The number of carbonyl (C=O) groups is 1. The fraction of sp³-hybridized carbons (Fsp3) is 0.533. The fourth-order valence-electron chi connectivity index (χ4n) is 2.90. The molecule has 1 aliphatic carbocycles. The molecule has 20 heavy (non-hydrogen) atoms. The molecule has 3 rings (SSSR count). The number of ketones is 1. The second-order valence-electron chi connectivity index (χ2n) is 6.25. The summed E-state index contributed by atoms with van der Waals surface area (Å²) < 4.78 is 2.12. The number of hydrogen-bond acceptors (Lipinski definition) is 4. The molecule has 2 aromatic rings. The zero-order chi connectivity index (χ0) is 14.5. The van der Waals surface area contributed by atoms with Crippen LogP contribution in [-0.2, 0) is 12.8 Å². The number of hydrogen-bond donors (Lipinski definition) is 0. The van der Waals surface area contributed by atoms with Gasteiger partial charge in [-0.05, 0) is 31.2 Å². The van der Waals surface area contributed by atoms with Crippen molar-refractivity contribution in [2.75, 3.05) is 0 Å². The van der Waals surface area contributed by atoms with E-state index in [0.29, 0.717) is 6.42 Å². The Morgan fingerprint density at radius 2 is 2.10 bits per heavy atom. The molecule has 0 N–H and O–H groups in total. The first-order valence-corrected chi connectivity index (χ1v) is 7.80. The van der Waals surface area contributed by atoms with Crippen LogP contribution < -0.4 is 0 Å². The predicted molar refractivity (Wildman–Crippen MR) is 79.8 cm³/mol. The molecule has 0 aromatic carbocycles. The van der Waals surface area contributed by atoms with Gasteiger partial charge in [0, 0.05) is 23.4 Å². The van der Waals surface area contributed by atoms with Crippen molar-refractivity contribution in [1.82, 2.24) is 14.8 Å². The van der Waals surface area contributed by atoms with Crippen LogP contribution in [0.5, 0.6) is 0 Å². The van der Waals surface area contributed by atoms with Gasteiger partial charge < -0.3 is 0 Å². The van der Waals surface area contributed by atoms with E-state index in [1.165, 1.54) is 0 Å². The minimum absolute atomic E-state index is 0.0188. The topological polar surface area (TPSA) is 47.8 Å². The van der Waals surface area contributed by atoms with Crippen LogP contribution in [0.4, 0.5) is 0 Å². The van der Waals surface area contributed by atoms with Crippen molar-refractivity contribution < 1.29 is 4.79 Å². The van der Waals surface area contributed by atoms with E-state index in [1.54, 1.807) is 11.3 Å². The van der Waals surface area contributed by atoms with E-state index in [4.69, 9.17) is 0 Å². The van der Waals surface area contributed by atoms with Crippen LogP contribution in [0.1, 0.15) is 53.9 Å². The molecule has 0 fully saturated rings. The fourth-order valence-corrected chi connectivity index (χ4v) is 3.76. The van der Waals surface area contributed by atoms with Crippen LogP contribution in [0.3, 0.4) is 0 Å². The highest BCUT2D eigenvalue weighted by molar-refractivity contribution is 7.13. The van der Waals surface area contributed by atoms with Gasteiger partial charge in [0.1, 0.15) is 5.01 Å². The van der Waals surface area contributed by atoms with Crippen LogP contribution in [0.2, 0.25) is 0 Å². The molecule has 2 heterocycles. The first kappa shape index (κ1) is 13.5. The van der Waals surface area contributed by atoms with Crippen LogP contribution in [0.15, 0.2) is 6.07 Å². The highest BCUT2D eigenvalue weighted by Gasteiger charge is 2.34. The second-order valence-corrected chi connectivity index (χ2v) is 7.29. The zero-order valence-corrected chi connectivity index (χ0v) is 13.2. The third-order valence-electron chi connectivity index (χ3n) is 3.82. The summed E-state index contributed by atoms with van der Waals surface area (Å²) in [6, 6.07) is 2.00. The molecule has 0 saturated carbocycles. The average Bonchev–Trinajstić information content (AvgIpc) is 2.92. The molecule has 5 heteroatoms. The quantitative estimate of drug-likeness (QED) is 0.851. The van der Waals surface area contributed by atoms with E-state index >= 15 is 0 Å². The Hall–Kier alpha value is -1.49. The van der Waals surface area contributed by atoms with Crippen molar-refractivity contribution in [1.29, 1.82) is 0 Å². The van der Waals surface area contributed by atoms with E-state index in [0.717, 1.165) is 39.9 Å². The molecular formula is C15H19N3OS. The van der Waals surface area contributed by atoms with Gasteiger partial charge in [-0.15, -0.1) is 10.2 Å². The van der Waals surface area contributed by atoms with Crippen LogP contribution >= 0.6 is 11.3 Å². The van der Waals surface area contributed by atoms with Crippen LogP contribution in [0, 0.1) is 12.3 Å². The third kappa shape index (κ3) is 2.10. The molecular weight excluding hydrogens is 270 g/mol. The summed E-state index contributed by atoms with van der Waals surface area (Å²) in [5.74, 6) is 0.248.